The fourth-order valence-electron chi connectivity index (χ4n) is 4.92. The van der Waals surface area contributed by atoms with Crippen molar-refractivity contribution in [2.75, 3.05) is 18.4 Å². The molecule has 1 aliphatic carbocycles. The van der Waals surface area contributed by atoms with Crippen molar-refractivity contribution >= 4 is 34.9 Å². The molecule has 2 aliphatic heterocycles. The number of H-pyrrole nitrogens is 1. The molecule has 3 aliphatic rings. The second kappa shape index (κ2) is 6.94. The van der Waals surface area contributed by atoms with Gasteiger partial charge in [0.1, 0.15) is 0 Å². The molecule has 2 N–H and O–H groups in total. The topological polar surface area (TPSA) is 82.3 Å². The van der Waals surface area contributed by atoms with Gasteiger partial charge >= 0.3 is 0 Å². The van der Waals surface area contributed by atoms with E-state index in [0.29, 0.717) is 16.8 Å². The minimum absolute atomic E-state index is 0.0124. The second-order valence-corrected chi connectivity index (χ2v) is 9.50. The minimum atomic E-state index is -0.369. The monoisotopic (exact) mass is 417 g/mol. The van der Waals surface area contributed by atoms with Gasteiger partial charge in [-0.2, -0.15) is 0 Å². The number of rotatable bonds is 2. The summed E-state index contributed by atoms with van der Waals surface area (Å²) in [5.41, 5.74) is 5.56. The van der Waals surface area contributed by atoms with Crippen LogP contribution in [0.5, 0.6) is 0 Å². The van der Waals surface area contributed by atoms with E-state index < -0.39 is 0 Å². The van der Waals surface area contributed by atoms with E-state index in [-0.39, 0.29) is 23.0 Å². The van der Waals surface area contributed by atoms with Crippen LogP contribution in [0.4, 0.5) is 5.69 Å². The Morgan fingerprint density at radius 1 is 1.16 bits per heavy atom. The van der Waals surface area contributed by atoms with E-state index in [2.05, 4.69) is 10.3 Å². The third-order valence-electron chi connectivity index (χ3n) is 6.94. The molecule has 1 fully saturated rings. The lowest BCUT2D eigenvalue weighted by Gasteiger charge is -2.28. The molecule has 1 aromatic carbocycles. The minimum Gasteiger partial charge on any atom is -0.358 e. The summed E-state index contributed by atoms with van der Waals surface area (Å²) in [4.78, 5) is 43.8. The van der Waals surface area contributed by atoms with Crippen LogP contribution in [0.1, 0.15) is 76.3 Å². The Hall–Kier alpha value is -3.15. The van der Waals surface area contributed by atoms with Crippen molar-refractivity contribution in [2.24, 2.45) is 5.41 Å². The number of ketones is 1. The molecule has 160 valence electrons. The molecule has 2 amide bonds. The standard InChI is InChI=1S/C25H27N3O3/c1-14-20(26-19-8-9-25(2,3)22(29)21(14)19)13-17-16-12-15(6-7-18(16)27-23(17)30)24(31)28-10-4-5-11-28/h6-7,12-13,26H,4-5,8-11H2,1-3H3,(H,27,30)/b17-13-. The van der Waals surface area contributed by atoms with Crippen LogP contribution in [0.3, 0.4) is 0 Å². The molecule has 0 atom stereocenters. The maximum absolute atomic E-state index is 13.0. The summed E-state index contributed by atoms with van der Waals surface area (Å²) in [6.45, 7) is 7.48. The highest BCUT2D eigenvalue weighted by Crippen LogP contribution is 2.39. The number of likely N-dealkylation sites (tertiary alicyclic amines) is 1. The Labute approximate surface area is 181 Å². The fourth-order valence-corrected chi connectivity index (χ4v) is 4.92. The third-order valence-corrected chi connectivity index (χ3v) is 6.94. The molecule has 0 radical (unpaired) electrons. The number of benzene rings is 1. The zero-order valence-corrected chi connectivity index (χ0v) is 18.2. The van der Waals surface area contributed by atoms with E-state index in [9.17, 15) is 14.4 Å². The van der Waals surface area contributed by atoms with Gasteiger partial charge in [0.2, 0.25) is 0 Å². The molecule has 0 bridgehead atoms. The lowest BCUT2D eigenvalue weighted by molar-refractivity contribution is -0.110. The Balaban J connectivity index is 1.54. The highest BCUT2D eigenvalue weighted by molar-refractivity contribution is 6.35. The molecule has 0 spiro atoms. The Morgan fingerprint density at radius 2 is 1.90 bits per heavy atom. The molecule has 6 heteroatoms. The van der Waals surface area contributed by atoms with Crippen LogP contribution < -0.4 is 5.32 Å². The highest BCUT2D eigenvalue weighted by Gasteiger charge is 2.37. The van der Waals surface area contributed by atoms with E-state index in [4.69, 9.17) is 0 Å². The average Bonchev–Trinajstić information content (AvgIpc) is 3.44. The predicted octanol–water partition coefficient (Wildman–Crippen LogP) is 4.21. The highest BCUT2D eigenvalue weighted by atomic mass is 16.2. The van der Waals surface area contributed by atoms with Gasteiger partial charge in [-0.3, -0.25) is 14.4 Å². The first kappa shape index (κ1) is 19.8. The molecule has 6 nitrogen and oxygen atoms in total. The molecule has 2 aromatic rings. The van der Waals surface area contributed by atoms with Crippen LogP contribution in [0.2, 0.25) is 0 Å². The summed E-state index contributed by atoms with van der Waals surface area (Å²) in [5, 5.41) is 2.89. The van der Waals surface area contributed by atoms with Gasteiger partial charge in [0.25, 0.3) is 11.8 Å². The zero-order valence-electron chi connectivity index (χ0n) is 18.2. The molecule has 0 unspecified atom stereocenters. The van der Waals surface area contributed by atoms with Crippen molar-refractivity contribution in [3.8, 4) is 0 Å². The Bertz CT molecular complexity index is 1160. The number of nitrogens with zero attached hydrogens (tertiary/aromatic N) is 1. The number of hydrogen-bond donors (Lipinski definition) is 2. The molecular formula is C25H27N3O3. The fraction of sp³-hybridized carbons (Fsp3) is 0.400. The molecule has 5 rings (SSSR count). The van der Waals surface area contributed by atoms with E-state index in [1.807, 2.05) is 37.8 Å². The van der Waals surface area contributed by atoms with Gasteiger partial charge in [0.15, 0.2) is 5.78 Å². The molecule has 31 heavy (non-hydrogen) atoms. The zero-order chi connectivity index (χ0) is 21.9. The van der Waals surface area contributed by atoms with Gasteiger partial charge in [0, 0.05) is 52.3 Å². The molecule has 1 saturated heterocycles. The number of aryl methyl sites for hydroxylation is 1. The third kappa shape index (κ3) is 3.12. The first-order valence-electron chi connectivity index (χ1n) is 11.0. The van der Waals surface area contributed by atoms with Gasteiger partial charge in [0.05, 0.1) is 5.57 Å². The molecule has 1 aromatic heterocycles. The lowest BCUT2D eigenvalue weighted by atomic mass is 9.74. The van der Waals surface area contributed by atoms with E-state index >= 15 is 0 Å². The maximum atomic E-state index is 13.0. The van der Waals surface area contributed by atoms with Gasteiger partial charge in [-0.05, 0) is 62.4 Å². The summed E-state index contributed by atoms with van der Waals surface area (Å²) in [6, 6.07) is 5.39. The number of fused-ring (bicyclic) bond motifs is 2. The largest absolute Gasteiger partial charge is 0.358 e. The van der Waals surface area contributed by atoms with Crippen LogP contribution in [0.25, 0.3) is 11.6 Å². The van der Waals surface area contributed by atoms with Crippen LogP contribution >= 0.6 is 0 Å². The van der Waals surface area contributed by atoms with E-state index in [1.54, 1.807) is 12.1 Å². The van der Waals surface area contributed by atoms with Crippen molar-refractivity contribution in [3.05, 3.63) is 51.8 Å². The van der Waals surface area contributed by atoms with Gasteiger partial charge < -0.3 is 15.2 Å². The van der Waals surface area contributed by atoms with Gasteiger partial charge in [-0.25, -0.2) is 0 Å². The van der Waals surface area contributed by atoms with Crippen LogP contribution in [-0.4, -0.2) is 40.6 Å². The molecule has 3 heterocycles. The van der Waals surface area contributed by atoms with Crippen molar-refractivity contribution in [1.29, 1.82) is 0 Å². The maximum Gasteiger partial charge on any atom is 0.256 e. The normalized spacial score (nSPS) is 20.7. The quantitative estimate of drug-likeness (QED) is 0.718. The van der Waals surface area contributed by atoms with Gasteiger partial charge in [-0.15, -0.1) is 0 Å². The first-order valence-corrected chi connectivity index (χ1v) is 11.0. The summed E-state index contributed by atoms with van der Waals surface area (Å²) >= 11 is 0. The Morgan fingerprint density at radius 3 is 2.65 bits per heavy atom. The number of amides is 2. The number of Topliss-reactive ketones (excluding diaryl/α,β-unsaturated/α-hetero) is 1. The van der Waals surface area contributed by atoms with Gasteiger partial charge in [-0.1, -0.05) is 13.8 Å². The molecular weight excluding hydrogens is 390 g/mol. The Kier molecular flexibility index (Phi) is 4.43. The SMILES string of the molecule is Cc1c(/C=C2\C(=O)Nc3ccc(C(=O)N4CCCC4)cc32)[nH]c2c1C(=O)C(C)(C)CC2. The number of carbonyl (C=O) groups excluding carboxylic acids is 3. The number of hydrogen-bond acceptors (Lipinski definition) is 3. The summed E-state index contributed by atoms with van der Waals surface area (Å²) in [6.07, 6.45) is 5.51. The summed E-state index contributed by atoms with van der Waals surface area (Å²) in [7, 11) is 0. The average molecular weight is 418 g/mol. The van der Waals surface area contributed by atoms with Crippen molar-refractivity contribution in [1.82, 2.24) is 9.88 Å². The molecule has 0 saturated carbocycles. The van der Waals surface area contributed by atoms with E-state index in [1.165, 1.54) is 0 Å². The second-order valence-electron chi connectivity index (χ2n) is 9.50. The number of nitrogens with one attached hydrogen (secondary N) is 2. The van der Waals surface area contributed by atoms with Crippen LogP contribution in [0, 0.1) is 12.3 Å². The number of carbonyl (C=O) groups is 3. The van der Waals surface area contributed by atoms with E-state index in [0.717, 1.165) is 66.9 Å². The lowest BCUT2D eigenvalue weighted by Crippen LogP contribution is -2.30. The van der Waals surface area contributed by atoms with Crippen LogP contribution in [-0.2, 0) is 11.2 Å². The number of anilines is 1. The first-order chi connectivity index (χ1) is 14.8. The summed E-state index contributed by atoms with van der Waals surface area (Å²) in [5.74, 6) is -0.0281. The number of aromatic nitrogens is 1. The van der Waals surface area contributed by atoms with Crippen molar-refractivity contribution in [3.63, 3.8) is 0 Å². The van der Waals surface area contributed by atoms with Crippen LogP contribution in [0.15, 0.2) is 18.2 Å². The van der Waals surface area contributed by atoms with Crippen molar-refractivity contribution < 1.29 is 14.4 Å². The number of aromatic amines is 1. The van der Waals surface area contributed by atoms with Crippen molar-refractivity contribution in [2.45, 2.75) is 46.5 Å². The summed E-state index contributed by atoms with van der Waals surface area (Å²) < 4.78 is 0. The smallest absolute Gasteiger partial charge is 0.256 e. The predicted molar refractivity (Wildman–Crippen MR) is 120 cm³/mol.